The summed E-state index contributed by atoms with van der Waals surface area (Å²) in [4.78, 5) is 15.6. The molecule has 0 aromatic heterocycles. The molecule has 0 bridgehead atoms. The van der Waals surface area contributed by atoms with Crippen LogP contribution in [0.4, 0.5) is 0 Å². The summed E-state index contributed by atoms with van der Waals surface area (Å²) in [5.74, 6) is -0.0925. The van der Waals surface area contributed by atoms with Crippen LogP contribution in [0.2, 0.25) is 0 Å². The molecule has 0 radical (unpaired) electrons. The molecule has 1 aliphatic heterocycles. The lowest BCUT2D eigenvalue weighted by atomic mass is 10.0. The molecule has 1 aliphatic rings. The first-order chi connectivity index (χ1) is 15.1. The van der Waals surface area contributed by atoms with Crippen molar-refractivity contribution in [2.45, 2.75) is 71.0 Å². The third-order valence-electron chi connectivity index (χ3n) is 5.90. The van der Waals surface area contributed by atoms with Crippen LogP contribution in [0.5, 0.6) is 0 Å². The van der Waals surface area contributed by atoms with E-state index in [0.29, 0.717) is 12.0 Å². The molecule has 0 atom stereocenters. The molecule has 2 aromatic rings. The van der Waals surface area contributed by atoms with Crippen LogP contribution in [-0.4, -0.2) is 42.2 Å². The molecular weight excluding hydrogens is 420 g/mol. The zero-order chi connectivity index (χ0) is 23.5. The van der Waals surface area contributed by atoms with E-state index < -0.39 is 10.0 Å². The summed E-state index contributed by atoms with van der Waals surface area (Å²) in [6.45, 7) is 10.2. The third-order valence-corrected chi connectivity index (χ3v) is 7.70. The van der Waals surface area contributed by atoms with Crippen LogP contribution >= 0.6 is 0 Å². The monoisotopic (exact) mass is 454 g/mol. The maximum absolute atomic E-state index is 13.7. The molecule has 32 heavy (non-hydrogen) atoms. The first kappa shape index (κ1) is 24.2. The molecule has 172 valence electrons. The Labute approximate surface area is 192 Å². The maximum Gasteiger partial charge on any atom is 0.251 e. The van der Waals surface area contributed by atoms with Gasteiger partial charge in [0.25, 0.3) is 5.91 Å². The second-order valence-electron chi connectivity index (χ2n) is 9.02. The fraction of sp³-hybridized carbons (Fsp3) is 0.423. The highest BCUT2D eigenvalue weighted by atomic mass is 32.2. The molecule has 6 heteroatoms. The first-order valence-corrected chi connectivity index (χ1v) is 12.7. The van der Waals surface area contributed by atoms with E-state index in [0.717, 1.165) is 23.1 Å². The predicted molar refractivity (Wildman–Crippen MR) is 129 cm³/mol. The molecule has 0 unspecified atom stereocenters. The van der Waals surface area contributed by atoms with E-state index in [1.807, 2.05) is 69.9 Å². The topological polar surface area (TPSA) is 57.7 Å². The van der Waals surface area contributed by atoms with Gasteiger partial charge in [-0.15, -0.1) is 0 Å². The Hall–Kier alpha value is -2.44. The lowest BCUT2D eigenvalue weighted by molar-refractivity contribution is -0.130. The Balaban J connectivity index is 2.06. The van der Waals surface area contributed by atoms with Crippen LogP contribution in [0.3, 0.4) is 0 Å². The summed E-state index contributed by atoms with van der Waals surface area (Å²) in [5, 5.41) is 0. The fourth-order valence-electron chi connectivity index (χ4n) is 4.27. The van der Waals surface area contributed by atoms with Crippen LogP contribution in [0.1, 0.15) is 50.8 Å². The largest absolute Gasteiger partial charge is 0.334 e. The molecule has 5 nitrogen and oxygen atoms in total. The number of hydrogen-bond donors (Lipinski definition) is 0. The normalized spacial score (nSPS) is 17.2. The highest BCUT2D eigenvalue weighted by Gasteiger charge is 2.31. The quantitative estimate of drug-likeness (QED) is 0.658. The number of nitrogens with zero attached hydrogens (tertiary/aromatic N) is 2. The van der Waals surface area contributed by atoms with Gasteiger partial charge in [0, 0.05) is 30.7 Å². The van der Waals surface area contributed by atoms with E-state index in [9.17, 15) is 13.2 Å². The number of carbonyl (C=O) groups excluding carboxylic acids is 1. The van der Waals surface area contributed by atoms with E-state index in [1.54, 1.807) is 24.3 Å². The summed E-state index contributed by atoms with van der Waals surface area (Å²) >= 11 is 0. The van der Waals surface area contributed by atoms with Gasteiger partial charge < -0.3 is 4.90 Å². The Morgan fingerprint density at radius 3 is 2.09 bits per heavy atom. The zero-order valence-corrected chi connectivity index (χ0v) is 20.5. The Bertz CT molecular complexity index is 1080. The molecule has 0 spiro atoms. The van der Waals surface area contributed by atoms with Crippen LogP contribution in [0.15, 0.2) is 65.1 Å². The summed E-state index contributed by atoms with van der Waals surface area (Å²) in [5.41, 5.74) is 3.64. The van der Waals surface area contributed by atoms with Gasteiger partial charge >= 0.3 is 0 Å². The average Bonchev–Trinajstić information content (AvgIpc) is 2.82. The van der Waals surface area contributed by atoms with Gasteiger partial charge in [0.05, 0.1) is 4.90 Å². The molecule has 0 saturated carbocycles. The number of amides is 1. The van der Waals surface area contributed by atoms with Crippen molar-refractivity contribution in [3.05, 3.63) is 76.9 Å². The summed E-state index contributed by atoms with van der Waals surface area (Å²) in [7, 11) is -3.79. The minimum Gasteiger partial charge on any atom is -0.334 e. The number of sulfonamides is 1. The van der Waals surface area contributed by atoms with Crippen molar-refractivity contribution in [1.29, 1.82) is 0 Å². The number of fused-ring (bicyclic) bond motifs is 1. The van der Waals surface area contributed by atoms with E-state index in [2.05, 4.69) is 0 Å². The van der Waals surface area contributed by atoms with E-state index >= 15 is 0 Å². The predicted octanol–water partition coefficient (Wildman–Crippen LogP) is 4.70. The SMILES string of the molecule is Cc1ccc(S(=O)(=O)N2C/C(C(=O)N(C(C)C)C(C)C)=C\CCc3ccccc3C2)cc1. The summed E-state index contributed by atoms with van der Waals surface area (Å²) in [6, 6.07) is 14.9. The van der Waals surface area contributed by atoms with Gasteiger partial charge in [-0.25, -0.2) is 8.42 Å². The third kappa shape index (κ3) is 5.30. The Morgan fingerprint density at radius 1 is 0.906 bits per heavy atom. The molecule has 3 rings (SSSR count). The van der Waals surface area contributed by atoms with Gasteiger partial charge in [0.1, 0.15) is 0 Å². The van der Waals surface area contributed by atoms with E-state index in [1.165, 1.54) is 4.31 Å². The standard InChI is InChI=1S/C26H34N2O3S/c1-19(2)28(20(3)4)26(29)24-12-8-11-22-9-6-7-10-23(22)17-27(18-24)32(30,31)25-15-13-21(5)14-16-25/h6-7,9-10,12-16,19-20H,8,11,17-18H2,1-5H3/b24-12+. The maximum atomic E-state index is 13.7. The van der Waals surface area contributed by atoms with Crippen LogP contribution in [0, 0.1) is 6.92 Å². The van der Waals surface area contributed by atoms with Crippen LogP contribution in [-0.2, 0) is 27.8 Å². The smallest absolute Gasteiger partial charge is 0.251 e. The Kier molecular flexibility index (Phi) is 7.57. The van der Waals surface area contributed by atoms with Gasteiger partial charge in [-0.3, -0.25) is 4.79 Å². The van der Waals surface area contributed by atoms with Crippen LogP contribution in [0.25, 0.3) is 0 Å². The number of carbonyl (C=O) groups is 1. The number of benzene rings is 2. The van der Waals surface area contributed by atoms with Gasteiger partial charge in [0.15, 0.2) is 0 Å². The minimum absolute atomic E-state index is 0.0235. The molecule has 2 aromatic carbocycles. The lowest BCUT2D eigenvalue weighted by Gasteiger charge is -2.33. The molecule has 1 amide bonds. The number of hydrogen-bond acceptors (Lipinski definition) is 3. The Morgan fingerprint density at radius 2 is 1.50 bits per heavy atom. The first-order valence-electron chi connectivity index (χ1n) is 11.3. The van der Waals surface area contributed by atoms with Crippen molar-refractivity contribution < 1.29 is 13.2 Å². The lowest BCUT2D eigenvalue weighted by Crippen LogP contribution is -2.45. The average molecular weight is 455 g/mol. The highest BCUT2D eigenvalue weighted by Crippen LogP contribution is 2.25. The summed E-state index contributed by atoms with van der Waals surface area (Å²) < 4.78 is 28.8. The molecule has 0 saturated heterocycles. The molecular formula is C26H34N2O3S. The van der Waals surface area contributed by atoms with Crippen molar-refractivity contribution in [2.24, 2.45) is 0 Å². The van der Waals surface area contributed by atoms with Gasteiger partial charge in [-0.2, -0.15) is 4.31 Å². The number of rotatable bonds is 5. The molecule has 0 fully saturated rings. The van der Waals surface area contributed by atoms with Gasteiger partial charge in [-0.05, 0) is 70.7 Å². The number of allylic oxidation sites excluding steroid dienone is 1. The number of aryl methyl sites for hydroxylation is 2. The highest BCUT2D eigenvalue weighted by molar-refractivity contribution is 7.89. The summed E-state index contributed by atoms with van der Waals surface area (Å²) in [6.07, 6.45) is 3.40. The van der Waals surface area contributed by atoms with Crippen LogP contribution < -0.4 is 0 Å². The minimum atomic E-state index is -3.79. The van der Waals surface area contributed by atoms with E-state index in [4.69, 9.17) is 0 Å². The van der Waals surface area contributed by atoms with Crippen molar-refractivity contribution in [2.75, 3.05) is 6.54 Å². The van der Waals surface area contributed by atoms with Gasteiger partial charge in [0.2, 0.25) is 10.0 Å². The van der Waals surface area contributed by atoms with Crippen molar-refractivity contribution in [3.8, 4) is 0 Å². The van der Waals surface area contributed by atoms with Crippen molar-refractivity contribution in [1.82, 2.24) is 9.21 Å². The second-order valence-corrected chi connectivity index (χ2v) is 11.0. The van der Waals surface area contributed by atoms with Crippen molar-refractivity contribution in [3.63, 3.8) is 0 Å². The van der Waals surface area contributed by atoms with Crippen molar-refractivity contribution >= 4 is 15.9 Å². The van der Waals surface area contributed by atoms with E-state index in [-0.39, 0.29) is 36.0 Å². The molecule has 1 heterocycles. The molecule has 0 aliphatic carbocycles. The fourth-order valence-corrected chi connectivity index (χ4v) is 5.67. The molecule has 0 N–H and O–H groups in total. The zero-order valence-electron chi connectivity index (χ0n) is 19.7. The van der Waals surface area contributed by atoms with Gasteiger partial charge in [-0.1, -0.05) is 48.0 Å². The second kappa shape index (κ2) is 10.0.